The van der Waals surface area contributed by atoms with Gasteiger partial charge < -0.3 is 5.32 Å². The van der Waals surface area contributed by atoms with Gasteiger partial charge in [-0.3, -0.25) is 0 Å². The summed E-state index contributed by atoms with van der Waals surface area (Å²) in [7, 11) is 0. The van der Waals surface area contributed by atoms with Crippen molar-refractivity contribution in [3.05, 3.63) is 34.6 Å². The highest BCUT2D eigenvalue weighted by atomic mass is 35.5. The van der Waals surface area contributed by atoms with Crippen molar-refractivity contribution < 1.29 is 4.39 Å². The molecule has 0 bridgehead atoms. The van der Waals surface area contributed by atoms with Crippen LogP contribution in [0.3, 0.4) is 0 Å². The molecule has 1 aromatic rings. The number of benzene rings is 1. The van der Waals surface area contributed by atoms with Crippen molar-refractivity contribution in [2.75, 3.05) is 6.54 Å². The molecule has 1 fully saturated rings. The van der Waals surface area contributed by atoms with Crippen LogP contribution in [0.5, 0.6) is 0 Å². The van der Waals surface area contributed by atoms with E-state index in [0.29, 0.717) is 5.92 Å². The fourth-order valence-corrected chi connectivity index (χ4v) is 2.26. The standard InChI is InChI=1S/C13H17ClFN/c1-2-8-16-13(9-6-7-9)10-4-3-5-11(15)12(10)14/h3-5,9,13,16H,2,6-8H2,1H3. The Morgan fingerprint density at radius 1 is 1.50 bits per heavy atom. The van der Waals surface area contributed by atoms with E-state index < -0.39 is 0 Å². The van der Waals surface area contributed by atoms with E-state index >= 15 is 0 Å². The van der Waals surface area contributed by atoms with Crippen LogP contribution < -0.4 is 5.32 Å². The molecule has 1 aliphatic rings. The summed E-state index contributed by atoms with van der Waals surface area (Å²) < 4.78 is 13.4. The van der Waals surface area contributed by atoms with Gasteiger partial charge in [-0.2, -0.15) is 0 Å². The molecule has 1 atom stereocenters. The van der Waals surface area contributed by atoms with Gasteiger partial charge in [0.05, 0.1) is 5.02 Å². The van der Waals surface area contributed by atoms with Crippen molar-refractivity contribution in [2.24, 2.45) is 5.92 Å². The monoisotopic (exact) mass is 241 g/mol. The van der Waals surface area contributed by atoms with Crippen LogP contribution in [0, 0.1) is 11.7 Å². The van der Waals surface area contributed by atoms with E-state index in [9.17, 15) is 4.39 Å². The molecule has 1 N–H and O–H groups in total. The van der Waals surface area contributed by atoms with Crippen LogP contribution in [0.2, 0.25) is 5.02 Å². The SMILES string of the molecule is CCCNC(c1cccc(F)c1Cl)C1CC1. The first-order valence-corrected chi connectivity index (χ1v) is 6.29. The highest BCUT2D eigenvalue weighted by Gasteiger charge is 2.33. The smallest absolute Gasteiger partial charge is 0.142 e. The quantitative estimate of drug-likeness (QED) is 0.824. The van der Waals surface area contributed by atoms with Crippen LogP contribution in [0.25, 0.3) is 0 Å². The van der Waals surface area contributed by atoms with Gasteiger partial charge in [0, 0.05) is 6.04 Å². The molecule has 1 nitrogen and oxygen atoms in total. The molecule has 0 radical (unpaired) electrons. The highest BCUT2D eigenvalue weighted by Crippen LogP contribution is 2.43. The number of rotatable bonds is 5. The van der Waals surface area contributed by atoms with Gasteiger partial charge in [0.25, 0.3) is 0 Å². The first-order valence-electron chi connectivity index (χ1n) is 5.91. The molecule has 0 heterocycles. The minimum Gasteiger partial charge on any atom is -0.310 e. The molecule has 1 aliphatic carbocycles. The van der Waals surface area contributed by atoms with Crippen molar-refractivity contribution in [3.8, 4) is 0 Å². The summed E-state index contributed by atoms with van der Waals surface area (Å²) in [5, 5.41) is 3.75. The van der Waals surface area contributed by atoms with Crippen LogP contribution in [0.4, 0.5) is 4.39 Å². The molecular formula is C13H17ClFN. The van der Waals surface area contributed by atoms with Gasteiger partial charge in [-0.15, -0.1) is 0 Å². The molecule has 0 spiro atoms. The third kappa shape index (κ3) is 2.55. The summed E-state index contributed by atoms with van der Waals surface area (Å²) >= 11 is 6.02. The largest absolute Gasteiger partial charge is 0.310 e. The molecule has 88 valence electrons. The predicted molar refractivity (Wildman–Crippen MR) is 65.2 cm³/mol. The van der Waals surface area contributed by atoms with Gasteiger partial charge in [0.1, 0.15) is 5.82 Å². The zero-order valence-corrected chi connectivity index (χ0v) is 10.2. The van der Waals surface area contributed by atoms with E-state index in [1.54, 1.807) is 6.07 Å². The first-order chi connectivity index (χ1) is 7.74. The Morgan fingerprint density at radius 3 is 2.88 bits per heavy atom. The number of hydrogen-bond donors (Lipinski definition) is 1. The zero-order valence-electron chi connectivity index (χ0n) is 9.47. The highest BCUT2D eigenvalue weighted by molar-refractivity contribution is 6.31. The Labute approximate surface area is 101 Å². The van der Waals surface area contributed by atoms with Gasteiger partial charge in [-0.1, -0.05) is 30.7 Å². The van der Waals surface area contributed by atoms with Gasteiger partial charge in [-0.05, 0) is 43.4 Å². The van der Waals surface area contributed by atoms with E-state index in [1.807, 2.05) is 6.07 Å². The molecule has 1 aromatic carbocycles. The fourth-order valence-electron chi connectivity index (χ4n) is 2.02. The molecule has 0 saturated heterocycles. The van der Waals surface area contributed by atoms with Crippen LogP contribution in [0.15, 0.2) is 18.2 Å². The maximum absolute atomic E-state index is 13.4. The molecule has 1 unspecified atom stereocenters. The Balaban J connectivity index is 2.20. The lowest BCUT2D eigenvalue weighted by Crippen LogP contribution is -2.24. The molecule has 2 rings (SSSR count). The summed E-state index contributed by atoms with van der Waals surface area (Å²) in [5.41, 5.74) is 0.914. The lowest BCUT2D eigenvalue weighted by Gasteiger charge is -2.19. The maximum Gasteiger partial charge on any atom is 0.142 e. The zero-order chi connectivity index (χ0) is 11.5. The lowest BCUT2D eigenvalue weighted by molar-refractivity contribution is 0.478. The number of nitrogens with one attached hydrogen (secondary N) is 1. The molecule has 16 heavy (non-hydrogen) atoms. The van der Waals surface area contributed by atoms with Crippen molar-refractivity contribution >= 4 is 11.6 Å². The predicted octanol–water partition coefficient (Wildman–Crippen LogP) is 3.93. The summed E-state index contributed by atoms with van der Waals surface area (Å²) in [6.45, 7) is 3.08. The van der Waals surface area contributed by atoms with Crippen molar-refractivity contribution in [1.29, 1.82) is 0 Å². The second kappa shape index (κ2) is 5.15. The first kappa shape index (κ1) is 11.9. The summed E-state index contributed by atoms with van der Waals surface area (Å²) in [6.07, 6.45) is 3.51. The Kier molecular flexibility index (Phi) is 3.82. The maximum atomic E-state index is 13.4. The topological polar surface area (TPSA) is 12.0 Å². The Hall–Kier alpha value is -0.600. The molecule has 1 saturated carbocycles. The molecular weight excluding hydrogens is 225 g/mol. The average molecular weight is 242 g/mol. The van der Waals surface area contributed by atoms with Crippen LogP contribution in [-0.4, -0.2) is 6.54 Å². The third-order valence-electron chi connectivity index (χ3n) is 3.02. The Bertz CT molecular complexity index is 363. The van der Waals surface area contributed by atoms with Crippen molar-refractivity contribution in [3.63, 3.8) is 0 Å². The van der Waals surface area contributed by atoms with E-state index in [1.165, 1.54) is 18.9 Å². The molecule has 0 aliphatic heterocycles. The molecule has 0 aromatic heterocycles. The minimum atomic E-state index is -0.317. The van der Waals surface area contributed by atoms with Gasteiger partial charge >= 0.3 is 0 Å². The summed E-state index contributed by atoms with van der Waals surface area (Å²) in [6, 6.07) is 5.30. The summed E-state index contributed by atoms with van der Waals surface area (Å²) in [5.74, 6) is 0.314. The van der Waals surface area contributed by atoms with E-state index in [4.69, 9.17) is 11.6 Å². The second-order valence-electron chi connectivity index (χ2n) is 4.41. The van der Waals surface area contributed by atoms with E-state index in [0.717, 1.165) is 18.5 Å². The fraction of sp³-hybridized carbons (Fsp3) is 0.538. The molecule has 0 amide bonds. The van der Waals surface area contributed by atoms with E-state index in [2.05, 4.69) is 12.2 Å². The summed E-state index contributed by atoms with van der Waals surface area (Å²) in [4.78, 5) is 0. The lowest BCUT2D eigenvalue weighted by atomic mass is 10.0. The number of halogens is 2. The van der Waals surface area contributed by atoms with Crippen LogP contribution in [0.1, 0.15) is 37.8 Å². The normalized spacial score (nSPS) is 17.4. The molecule has 3 heteroatoms. The number of hydrogen-bond acceptors (Lipinski definition) is 1. The van der Waals surface area contributed by atoms with Crippen LogP contribution in [-0.2, 0) is 0 Å². The third-order valence-corrected chi connectivity index (χ3v) is 3.42. The van der Waals surface area contributed by atoms with Crippen molar-refractivity contribution in [2.45, 2.75) is 32.2 Å². The van der Waals surface area contributed by atoms with Gasteiger partial charge in [0.2, 0.25) is 0 Å². The van der Waals surface area contributed by atoms with Gasteiger partial charge in [-0.25, -0.2) is 4.39 Å². The average Bonchev–Trinajstić information content (AvgIpc) is 3.08. The van der Waals surface area contributed by atoms with E-state index in [-0.39, 0.29) is 16.9 Å². The second-order valence-corrected chi connectivity index (χ2v) is 4.79. The minimum absolute atomic E-state index is 0.225. The van der Waals surface area contributed by atoms with Crippen molar-refractivity contribution in [1.82, 2.24) is 5.32 Å². The Morgan fingerprint density at radius 2 is 2.25 bits per heavy atom. The van der Waals surface area contributed by atoms with Gasteiger partial charge in [0.15, 0.2) is 0 Å². The van der Waals surface area contributed by atoms with Crippen LogP contribution >= 0.6 is 11.6 Å².